The van der Waals surface area contributed by atoms with Gasteiger partial charge in [0.1, 0.15) is 5.69 Å². The number of rotatable bonds is 2. The molecule has 0 fully saturated rings. The number of anilines is 1. The molecule has 0 aromatic carbocycles. The van der Waals surface area contributed by atoms with Gasteiger partial charge >= 0.3 is 0 Å². The molecule has 0 atom stereocenters. The Morgan fingerprint density at radius 2 is 2.29 bits per heavy atom. The fourth-order valence-electron chi connectivity index (χ4n) is 2.09. The van der Waals surface area contributed by atoms with Gasteiger partial charge in [-0.2, -0.15) is 0 Å². The molecule has 1 aliphatic heterocycles. The Bertz CT molecular complexity index is 459. The van der Waals surface area contributed by atoms with Gasteiger partial charge in [0.15, 0.2) is 0 Å². The molecule has 2 heterocycles. The summed E-state index contributed by atoms with van der Waals surface area (Å²) in [7, 11) is 0. The van der Waals surface area contributed by atoms with Crippen LogP contribution in [0, 0.1) is 0 Å². The van der Waals surface area contributed by atoms with Gasteiger partial charge in [-0.25, -0.2) is 0 Å². The first-order valence-corrected chi connectivity index (χ1v) is 6.02. The number of amides is 1. The lowest BCUT2D eigenvalue weighted by molar-refractivity contribution is 0.0758. The number of hydrogen-bond donors (Lipinski definition) is 1. The highest BCUT2D eigenvalue weighted by Gasteiger charge is 2.20. The number of nitrogens with zero attached hydrogens (tertiary/aromatic N) is 2. The molecule has 0 aliphatic carbocycles. The number of hydrogen-bond acceptors (Lipinski definition) is 2. The molecule has 1 aromatic heterocycles. The molecule has 1 aliphatic rings. The van der Waals surface area contributed by atoms with E-state index < -0.39 is 0 Å². The molecule has 1 aromatic rings. The van der Waals surface area contributed by atoms with Crippen LogP contribution in [-0.4, -0.2) is 28.5 Å². The van der Waals surface area contributed by atoms with Crippen LogP contribution in [0.2, 0.25) is 0 Å². The third-order valence-corrected chi connectivity index (χ3v) is 3.20. The minimum absolute atomic E-state index is 0.0762. The van der Waals surface area contributed by atoms with Gasteiger partial charge in [-0.3, -0.25) is 4.79 Å². The molecule has 4 nitrogen and oxygen atoms in total. The SMILES string of the molecule is CCn1cc(N)cc1C(=O)N1CC=C(C)CC1. The van der Waals surface area contributed by atoms with Crippen LogP contribution in [0.25, 0.3) is 0 Å². The fraction of sp³-hybridized carbons (Fsp3) is 0.462. The Labute approximate surface area is 102 Å². The van der Waals surface area contributed by atoms with E-state index in [9.17, 15) is 4.79 Å². The molecule has 0 bridgehead atoms. The molecule has 17 heavy (non-hydrogen) atoms. The molecule has 2 N–H and O–H groups in total. The van der Waals surface area contributed by atoms with Gasteiger partial charge in [-0.15, -0.1) is 0 Å². The maximum atomic E-state index is 12.3. The van der Waals surface area contributed by atoms with Gasteiger partial charge in [0.2, 0.25) is 0 Å². The Morgan fingerprint density at radius 3 is 2.88 bits per heavy atom. The van der Waals surface area contributed by atoms with Crippen molar-refractivity contribution in [2.45, 2.75) is 26.8 Å². The number of carbonyl (C=O) groups excluding carboxylic acids is 1. The van der Waals surface area contributed by atoms with Crippen LogP contribution >= 0.6 is 0 Å². The lowest BCUT2D eigenvalue weighted by Crippen LogP contribution is -2.35. The smallest absolute Gasteiger partial charge is 0.270 e. The van der Waals surface area contributed by atoms with Gasteiger partial charge in [0.25, 0.3) is 5.91 Å². The summed E-state index contributed by atoms with van der Waals surface area (Å²) in [5.41, 5.74) is 8.45. The normalized spacial score (nSPS) is 15.9. The van der Waals surface area contributed by atoms with E-state index in [0.29, 0.717) is 17.9 Å². The maximum Gasteiger partial charge on any atom is 0.270 e. The highest BCUT2D eigenvalue weighted by Crippen LogP contribution is 2.16. The molecule has 0 saturated carbocycles. The first-order chi connectivity index (χ1) is 8.11. The average Bonchev–Trinajstić information content (AvgIpc) is 2.70. The molecule has 92 valence electrons. The summed E-state index contributed by atoms with van der Waals surface area (Å²) in [6.07, 6.45) is 4.90. The van der Waals surface area contributed by atoms with E-state index in [0.717, 1.165) is 19.5 Å². The molecule has 2 rings (SSSR count). The van der Waals surface area contributed by atoms with Gasteiger partial charge in [-0.1, -0.05) is 11.6 Å². The van der Waals surface area contributed by atoms with Crippen LogP contribution in [0.1, 0.15) is 30.8 Å². The lowest BCUT2D eigenvalue weighted by atomic mass is 10.1. The average molecular weight is 233 g/mol. The third kappa shape index (κ3) is 2.35. The van der Waals surface area contributed by atoms with Crippen molar-refractivity contribution >= 4 is 11.6 Å². The standard InChI is InChI=1S/C13H19N3O/c1-3-15-9-11(14)8-12(15)13(17)16-6-4-10(2)5-7-16/h4,8-9H,3,5-7,14H2,1-2H3. The van der Waals surface area contributed by atoms with Crippen LogP contribution in [0.3, 0.4) is 0 Å². The van der Waals surface area contributed by atoms with Gasteiger partial charge in [0, 0.05) is 25.8 Å². The second kappa shape index (κ2) is 4.65. The summed E-state index contributed by atoms with van der Waals surface area (Å²) in [5, 5.41) is 0. The largest absolute Gasteiger partial charge is 0.397 e. The molecular formula is C13H19N3O. The topological polar surface area (TPSA) is 51.3 Å². The fourth-order valence-corrected chi connectivity index (χ4v) is 2.09. The molecule has 0 spiro atoms. The number of aryl methyl sites for hydroxylation is 1. The van der Waals surface area contributed by atoms with E-state index in [1.807, 2.05) is 22.6 Å². The third-order valence-electron chi connectivity index (χ3n) is 3.20. The van der Waals surface area contributed by atoms with E-state index in [-0.39, 0.29) is 5.91 Å². The van der Waals surface area contributed by atoms with Crippen LogP contribution < -0.4 is 5.73 Å². The van der Waals surface area contributed by atoms with E-state index in [4.69, 9.17) is 5.73 Å². The molecule has 4 heteroatoms. The summed E-state index contributed by atoms with van der Waals surface area (Å²) in [4.78, 5) is 14.2. The van der Waals surface area contributed by atoms with E-state index in [1.54, 1.807) is 6.07 Å². The van der Waals surface area contributed by atoms with Crippen molar-refractivity contribution in [2.24, 2.45) is 0 Å². The molecule has 0 unspecified atom stereocenters. The molecule has 1 amide bonds. The molecule has 0 saturated heterocycles. The van der Waals surface area contributed by atoms with Crippen LogP contribution in [0.15, 0.2) is 23.9 Å². The Kier molecular flexibility index (Phi) is 3.22. The lowest BCUT2D eigenvalue weighted by Gasteiger charge is -2.25. The molecular weight excluding hydrogens is 214 g/mol. The number of nitrogens with two attached hydrogens (primary N) is 1. The predicted octanol–water partition coefficient (Wildman–Crippen LogP) is 1.88. The van der Waals surface area contributed by atoms with E-state index >= 15 is 0 Å². The highest BCUT2D eigenvalue weighted by molar-refractivity contribution is 5.94. The minimum atomic E-state index is 0.0762. The van der Waals surface area contributed by atoms with Crippen molar-refractivity contribution in [1.29, 1.82) is 0 Å². The second-order valence-corrected chi connectivity index (χ2v) is 4.50. The van der Waals surface area contributed by atoms with Crippen molar-refractivity contribution < 1.29 is 4.79 Å². The van der Waals surface area contributed by atoms with Crippen molar-refractivity contribution in [1.82, 2.24) is 9.47 Å². The quantitative estimate of drug-likeness (QED) is 0.793. The first-order valence-electron chi connectivity index (χ1n) is 6.02. The summed E-state index contributed by atoms with van der Waals surface area (Å²) in [6.45, 7) is 6.39. The van der Waals surface area contributed by atoms with Crippen molar-refractivity contribution in [3.63, 3.8) is 0 Å². The summed E-state index contributed by atoms with van der Waals surface area (Å²) >= 11 is 0. The summed E-state index contributed by atoms with van der Waals surface area (Å²) < 4.78 is 1.91. The summed E-state index contributed by atoms with van der Waals surface area (Å²) in [6, 6.07) is 1.76. The van der Waals surface area contributed by atoms with Gasteiger partial charge in [0.05, 0.1) is 5.69 Å². The Balaban J connectivity index is 2.19. The predicted molar refractivity (Wildman–Crippen MR) is 68.8 cm³/mol. The summed E-state index contributed by atoms with van der Waals surface area (Å²) in [5.74, 6) is 0.0762. The number of aromatic nitrogens is 1. The first kappa shape index (κ1) is 11.8. The Morgan fingerprint density at radius 1 is 1.53 bits per heavy atom. The zero-order valence-electron chi connectivity index (χ0n) is 10.4. The van der Waals surface area contributed by atoms with Crippen molar-refractivity contribution in [3.05, 3.63) is 29.6 Å². The van der Waals surface area contributed by atoms with Crippen molar-refractivity contribution in [3.8, 4) is 0 Å². The van der Waals surface area contributed by atoms with Crippen LogP contribution in [0.5, 0.6) is 0 Å². The molecule has 0 radical (unpaired) electrons. The second-order valence-electron chi connectivity index (χ2n) is 4.50. The monoisotopic (exact) mass is 233 g/mol. The van der Waals surface area contributed by atoms with Crippen LogP contribution in [0.4, 0.5) is 5.69 Å². The number of carbonyl (C=O) groups is 1. The highest BCUT2D eigenvalue weighted by atomic mass is 16.2. The van der Waals surface area contributed by atoms with E-state index in [2.05, 4.69) is 13.0 Å². The van der Waals surface area contributed by atoms with Crippen LogP contribution in [-0.2, 0) is 6.54 Å². The Hall–Kier alpha value is -1.71. The van der Waals surface area contributed by atoms with Crippen molar-refractivity contribution in [2.75, 3.05) is 18.8 Å². The maximum absolute atomic E-state index is 12.3. The zero-order chi connectivity index (χ0) is 12.4. The van der Waals surface area contributed by atoms with Gasteiger partial charge < -0.3 is 15.2 Å². The number of nitrogen functional groups attached to an aromatic ring is 1. The van der Waals surface area contributed by atoms with Gasteiger partial charge in [-0.05, 0) is 26.3 Å². The zero-order valence-corrected chi connectivity index (χ0v) is 10.4. The van der Waals surface area contributed by atoms with E-state index in [1.165, 1.54) is 5.57 Å². The minimum Gasteiger partial charge on any atom is -0.397 e.